The molecule has 4 rings (SSSR count). The van der Waals surface area contributed by atoms with E-state index < -0.39 is 0 Å². The van der Waals surface area contributed by atoms with Gasteiger partial charge in [0.2, 0.25) is 0 Å². The molecule has 2 nitrogen and oxygen atoms in total. The first-order chi connectivity index (χ1) is 15.1. The first-order valence-electron chi connectivity index (χ1n) is 9.65. The summed E-state index contributed by atoms with van der Waals surface area (Å²) >= 11 is 3.33. The minimum atomic E-state index is 0. The Labute approximate surface area is 200 Å². The highest BCUT2D eigenvalue weighted by Crippen LogP contribution is 2.11. The van der Waals surface area contributed by atoms with E-state index in [0.29, 0.717) is 0 Å². The Morgan fingerprint density at radius 2 is 1.22 bits per heavy atom. The van der Waals surface area contributed by atoms with Gasteiger partial charge in [-0.05, 0) is 77.3 Å². The number of terminal acetylenes is 1. The zero-order valence-electron chi connectivity index (χ0n) is 17.6. The lowest BCUT2D eigenvalue weighted by molar-refractivity contribution is 1.26. The number of rotatable bonds is 0. The third-order valence-corrected chi connectivity index (χ3v) is 4.90. The zero-order chi connectivity index (χ0) is 22.3. The summed E-state index contributed by atoms with van der Waals surface area (Å²) in [7, 11) is 0. The maximum absolute atomic E-state index is 5.10. The monoisotopic (exact) mass is 482 g/mol. The summed E-state index contributed by atoms with van der Waals surface area (Å²) in [5.41, 5.74) is 5.34. The SMILES string of the molecule is C.C#Cc1ccccc1.Cc1ccncc1Br.Cc1ccncc1C#Cc1ccccc1. The lowest BCUT2D eigenvalue weighted by atomic mass is 10.1. The molecular formula is C29H27BrN2. The smallest absolute Gasteiger partial charge is 0.0461 e. The van der Waals surface area contributed by atoms with Gasteiger partial charge in [0, 0.05) is 46.0 Å². The highest BCUT2D eigenvalue weighted by atomic mass is 79.9. The molecule has 3 heteroatoms. The summed E-state index contributed by atoms with van der Waals surface area (Å²) in [6.45, 7) is 4.07. The van der Waals surface area contributed by atoms with E-state index >= 15 is 0 Å². The predicted octanol–water partition coefficient (Wildman–Crippen LogP) is 7.25. The minimum absolute atomic E-state index is 0. The topological polar surface area (TPSA) is 25.8 Å². The van der Waals surface area contributed by atoms with Crippen LogP contribution in [0.3, 0.4) is 0 Å². The van der Waals surface area contributed by atoms with E-state index in [0.717, 1.165) is 26.7 Å². The number of aryl methyl sites for hydroxylation is 2. The fraction of sp³-hybridized carbons (Fsp3) is 0.103. The van der Waals surface area contributed by atoms with Gasteiger partial charge in [0.1, 0.15) is 0 Å². The number of pyridine rings is 2. The number of aromatic nitrogens is 2. The third-order valence-electron chi connectivity index (χ3n) is 4.07. The molecule has 0 spiro atoms. The molecule has 0 aliphatic heterocycles. The molecule has 2 aromatic carbocycles. The summed E-state index contributed by atoms with van der Waals surface area (Å²) in [6.07, 6.45) is 12.2. The molecule has 2 aromatic heterocycles. The van der Waals surface area contributed by atoms with Crippen molar-refractivity contribution in [1.29, 1.82) is 0 Å². The lowest BCUT2D eigenvalue weighted by Crippen LogP contribution is -1.83. The number of hydrogen-bond donors (Lipinski definition) is 0. The third kappa shape index (κ3) is 9.90. The number of hydrogen-bond acceptors (Lipinski definition) is 2. The molecule has 0 saturated carbocycles. The lowest BCUT2D eigenvalue weighted by Gasteiger charge is -1.94. The molecule has 0 atom stereocenters. The van der Waals surface area contributed by atoms with E-state index in [9.17, 15) is 0 Å². The first-order valence-corrected chi connectivity index (χ1v) is 10.4. The Morgan fingerprint density at radius 1 is 0.688 bits per heavy atom. The molecule has 0 bridgehead atoms. The highest BCUT2D eigenvalue weighted by molar-refractivity contribution is 9.10. The second-order valence-corrected chi connectivity index (χ2v) is 7.30. The molecule has 160 valence electrons. The van der Waals surface area contributed by atoms with E-state index in [4.69, 9.17) is 6.42 Å². The van der Waals surface area contributed by atoms with Crippen LogP contribution in [0.1, 0.15) is 35.2 Å². The first kappa shape index (κ1) is 26.4. The maximum atomic E-state index is 5.10. The second kappa shape index (κ2) is 15.2. The molecule has 4 aromatic rings. The van der Waals surface area contributed by atoms with Crippen LogP contribution in [0.25, 0.3) is 0 Å². The number of halogens is 1. The van der Waals surface area contributed by atoms with Gasteiger partial charge in [0.15, 0.2) is 0 Å². The van der Waals surface area contributed by atoms with Crippen LogP contribution in [-0.2, 0) is 0 Å². The Balaban J connectivity index is 0.000000257. The molecule has 2 heterocycles. The zero-order valence-corrected chi connectivity index (χ0v) is 19.2. The van der Waals surface area contributed by atoms with Gasteiger partial charge in [0.05, 0.1) is 0 Å². The van der Waals surface area contributed by atoms with E-state index in [-0.39, 0.29) is 7.43 Å². The van der Waals surface area contributed by atoms with Crippen molar-refractivity contribution in [2.75, 3.05) is 0 Å². The van der Waals surface area contributed by atoms with Crippen molar-refractivity contribution in [3.05, 3.63) is 130 Å². The van der Waals surface area contributed by atoms with E-state index in [1.807, 2.05) is 86.6 Å². The molecule has 32 heavy (non-hydrogen) atoms. The Kier molecular flexibility index (Phi) is 12.5. The van der Waals surface area contributed by atoms with Crippen LogP contribution in [-0.4, -0.2) is 9.97 Å². The number of benzene rings is 2. The molecule has 0 aliphatic rings. The molecule has 0 fully saturated rings. The van der Waals surface area contributed by atoms with Crippen molar-refractivity contribution >= 4 is 15.9 Å². The van der Waals surface area contributed by atoms with Gasteiger partial charge < -0.3 is 0 Å². The largest absolute Gasteiger partial charge is 0.264 e. The van der Waals surface area contributed by atoms with Gasteiger partial charge in [-0.2, -0.15) is 0 Å². The summed E-state index contributed by atoms with van der Waals surface area (Å²) < 4.78 is 1.07. The predicted molar refractivity (Wildman–Crippen MR) is 139 cm³/mol. The molecule has 0 radical (unpaired) electrons. The van der Waals surface area contributed by atoms with Crippen LogP contribution in [0.2, 0.25) is 0 Å². The molecule has 0 aliphatic carbocycles. The average molecular weight is 483 g/mol. The van der Waals surface area contributed by atoms with Gasteiger partial charge >= 0.3 is 0 Å². The van der Waals surface area contributed by atoms with Crippen LogP contribution in [0.5, 0.6) is 0 Å². The van der Waals surface area contributed by atoms with Gasteiger partial charge in [-0.25, -0.2) is 0 Å². The fourth-order valence-electron chi connectivity index (χ4n) is 2.23. The number of nitrogens with zero attached hydrogens (tertiary/aromatic N) is 2. The molecule has 0 unspecified atom stereocenters. The Bertz CT molecular complexity index is 1150. The van der Waals surface area contributed by atoms with Crippen LogP contribution in [0.4, 0.5) is 0 Å². The standard InChI is InChI=1S/C14H11N.C8H6.C6H6BrN.CH4/c1-12-9-10-15-11-14(12)8-7-13-5-3-2-4-6-13;1-2-8-6-4-3-5-7-8;1-5-2-3-8-4-6(5)7;/h2-6,9-11H,1H3;1,3-7H;2-4H,1H3;1H4. The molecule has 0 saturated heterocycles. The van der Waals surface area contributed by atoms with Crippen LogP contribution in [0.15, 0.2) is 102 Å². The Hall–Kier alpha value is -3.66. The van der Waals surface area contributed by atoms with Gasteiger partial charge in [-0.3, -0.25) is 9.97 Å². The molecule has 0 N–H and O–H groups in total. The van der Waals surface area contributed by atoms with E-state index in [1.165, 1.54) is 5.56 Å². The van der Waals surface area contributed by atoms with E-state index in [1.54, 1.807) is 24.8 Å². The second-order valence-electron chi connectivity index (χ2n) is 6.44. The minimum Gasteiger partial charge on any atom is -0.264 e. The fourth-order valence-corrected chi connectivity index (χ4v) is 2.49. The summed E-state index contributed by atoms with van der Waals surface area (Å²) in [5.74, 6) is 8.76. The van der Waals surface area contributed by atoms with Crippen molar-refractivity contribution in [1.82, 2.24) is 9.97 Å². The van der Waals surface area contributed by atoms with Crippen LogP contribution in [0, 0.1) is 38.0 Å². The van der Waals surface area contributed by atoms with Crippen molar-refractivity contribution in [2.24, 2.45) is 0 Å². The van der Waals surface area contributed by atoms with Crippen molar-refractivity contribution in [2.45, 2.75) is 21.3 Å². The maximum Gasteiger partial charge on any atom is 0.0461 e. The summed E-state index contributed by atoms with van der Waals surface area (Å²) in [6, 6.07) is 23.5. The van der Waals surface area contributed by atoms with Gasteiger partial charge in [0.25, 0.3) is 0 Å². The Morgan fingerprint density at radius 3 is 1.66 bits per heavy atom. The quantitative estimate of drug-likeness (QED) is 0.246. The van der Waals surface area contributed by atoms with E-state index in [2.05, 4.69) is 43.7 Å². The molecule has 0 amide bonds. The molecular weight excluding hydrogens is 456 g/mol. The van der Waals surface area contributed by atoms with Crippen molar-refractivity contribution in [3.8, 4) is 24.2 Å². The highest BCUT2D eigenvalue weighted by Gasteiger charge is 1.91. The average Bonchev–Trinajstić information content (AvgIpc) is 2.82. The van der Waals surface area contributed by atoms with Gasteiger partial charge in [-0.1, -0.05) is 61.6 Å². The van der Waals surface area contributed by atoms with Crippen LogP contribution >= 0.6 is 15.9 Å². The summed E-state index contributed by atoms with van der Waals surface area (Å²) in [5, 5.41) is 0. The van der Waals surface area contributed by atoms with Gasteiger partial charge in [-0.15, -0.1) is 6.42 Å². The summed E-state index contributed by atoms with van der Waals surface area (Å²) in [4.78, 5) is 7.95. The normalized spacial score (nSPS) is 8.56. The van der Waals surface area contributed by atoms with Crippen LogP contribution < -0.4 is 0 Å². The van der Waals surface area contributed by atoms with Crippen molar-refractivity contribution < 1.29 is 0 Å². The van der Waals surface area contributed by atoms with Crippen molar-refractivity contribution in [3.63, 3.8) is 0 Å².